The molecule has 0 spiro atoms. The molecule has 2 rings (SSSR count). The first-order valence-corrected chi connectivity index (χ1v) is 11.0. The van der Waals surface area contributed by atoms with Crippen LogP contribution in [0, 0.1) is 12.7 Å². The van der Waals surface area contributed by atoms with Crippen LogP contribution in [0.5, 0.6) is 0 Å². The van der Waals surface area contributed by atoms with Gasteiger partial charge in [0.25, 0.3) is 0 Å². The van der Waals surface area contributed by atoms with Crippen LogP contribution in [-0.4, -0.2) is 40.5 Å². The molecular weight excluding hydrogens is 409 g/mol. The van der Waals surface area contributed by atoms with E-state index in [-0.39, 0.29) is 30.5 Å². The van der Waals surface area contributed by atoms with E-state index < -0.39 is 18.2 Å². The number of rotatable bonds is 10. The quantitative estimate of drug-likeness (QED) is 0.493. The van der Waals surface area contributed by atoms with Gasteiger partial charge in [0, 0.05) is 24.8 Å². The number of carboxylic acid groups (broad SMARTS) is 1. The molecule has 2 aromatic rings. The highest BCUT2D eigenvalue weighted by Gasteiger charge is 2.21. The molecule has 0 radical (unpaired) electrons. The minimum absolute atomic E-state index is 0.128. The van der Waals surface area contributed by atoms with Gasteiger partial charge in [-0.3, -0.25) is 9.78 Å². The maximum absolute atomic E-state index is 13.6. The van der Waals surface area contributed by atoms with Gasteiger partial charge in [-0.2, -0.15) is 0 Å². The van der Waals surface area contributed by atoms with Gasteiger partial charge in [0.2, 0.25) is 0 Å². The molecule has 0 bridgehead atoms. The van der Waals surface area contributed by atoms with Gasteiger partial charge in [0.15, 0.2) is 0 Å². The zero-order valence-corrected chi connectivity index (χ0v) is 19.7. The molecule has 1 aromatic carbocycles. The summed E-state index contributed by atoms with van der Waals surface area (Å²) in [6.45, 7) is 10.4. The highest BCUT2D eigenvalue weighted by atomic mass is 19.1. The van der Waals surface area contributed by atoms with E-state index in [4.69, 9.17) is 14.8 Å². The number of aliphatic hydroxyl groups is 1. The second-order valence-electron chi connectivity index (χ2n) is 8.73. The fourth-order valence-electron chi connectivity index (χ4n) is 3.90. The normalized spacial score (nSPS) is 13.8. The first-order chi connectivity index (χ1) is 15.0. The van der Waals surface area contributed by atoms with Crippen molar-refractivity contribution in [3.8, 4) is 11.1 Å². The van der Waals surface area contributed by atoms with E-state index in [0.29, 0.717) is 0 Å². The third-order valence-electron chi connectivity index (χ3n) is 5.50. The second-order valence-corrected chi connectivity index (χ2v) is 8.73. The van der Waals surface area contributed by atoms with E-state index >= 15 is 0 Å². The van der Waals surface area contributed by atoms with Crippen molar-refractivity contribution in [3.63, 3.8) is 0 Å². The molecule has 0 amide bonds. The van der Waals surface area contributed by atoms with Crippen LogP contribution < -0.4 is 0 Å². The molecule has 0 aliphatic rings. The Morgan fingerprint density at radius 1 is 1.12 bits per heavy atom. The summed E-state index contributed by atoms with van der Waals surface area (Å²) < 4.78 is 18.8. The fraction of sp³-hybridized carbons (Fsp3) is 0.462. The molecule has 0 saturated heterocycles. The molecule has 1 unspecified atom stereocenters. The summed E-state index contributed by atoms with van der Waals surface area (Å²) in [7, 11) is 1.44. The van der Waals surface area contributed by atoms with Gasteiger partial charge < -0.3 is 14.9 Å². The number of carbonyl (C=O) groups is 1. The van der Waals surface area contributed by atoms with Crippen LogP contribution in [0.25, 0.3) is 17.2 Å². The lowest BCUT2D eigenvalue weighted by Crippen LogP contribution is -2.21. The monoisotopic (exact) mass is 443 g/mol. The van der Waals surface area contributed by atoms with Gasteiger partial charge in [0.05, 0.1) is 24.3 Å². The first-order valence-electron chi connectivity index (χ1n) is 11.0. The number of nitrogens with zero attached hydrogens (tertiary/aromatic N) is 1. The van der Waals surface area contributed by atoms with Crippen LogP contribution in [0.4, 0.5) is 4.39 Å². The number of aliphatic carboxylic acids is 1. The number of hydrogen-bond donors (Lipinski definition) is 2. The molecule has 0 aliphatic heterocycles. The van der Waals surface area contributed by atoms with E-state index in [1.165, 1.54) is 19.2 Å². The van der Waals surface area contributed by atoms with E-state index in [1.807, 2.05) is 13.0 Å². The lowest BCUT2D eigenvalue weighted by atomic mass is 9.87. The van der Waals surface area contributed by atoms with Crippen molar-refractivity contribution >= 4 is 12.0 Å². The number of benzene rings is 1. The van der Waals surface area contributed by atoms with Gasteiger partial charge in [0.1, 0.15) is 5.82 Å². The Hall–Kier alpha value is -2.57. The highest BCUT2D eigenvalue weighted by molar-refractivity contribution is 5.80. The van der Waals surface area contributed by atoms with Crippen molar-refractivity contribution in [2.45, 2.75) is 71.5 Å². The Morgan fingerprint density at radius 2 is 1.72 bits per heavy atom. The van der Waals surface area contributed by atoms with Crippen LogP contribution >= 0.6 is 0 Å². The third kappa shape index (κ3) is 6.47. The molecule has 174 valence electrons. The maximum atomic E-state index is 13.6. The number of hydrogen-bond acceptors (Lipinski definition) is 4. The lowest BCUT2D eigenvalue weighted by Gasteiger charge is -2.22. The second kappa shape index (κ2) is 11.3. The Morgan fingerprint density at radius 3 is 2.22 bits per heavy atom. The topological polar surface area (TPSA) is 79.7 Å². The van der Waals surface area contributed by atoms with Crippen LogP contribution in [0.15, 0.2) is 30.3 Å². The maximum Gasteiger partial charge on any atom is 0.305 e. The predicted octanol–water partition coefficient (Wildman–Crippen LogP) is 5.70. The summed E-state index contributed by atoms with van der Waals surface area (Å²) in [6, 6.07) is 6.40. The number of carboxylic acids is 1. The summed E-state index contributed by atoms with van der Waals surface area (Å²) in [5, 5.41) is 19.5. The van der Waals surface area contributed by atoms with Crippen LogP contribution in [0.3, 0.4) is 0 Å². The zero-order chi connectivity index (χ0) is 24.0. The summed E-state index contributed by atoms with van der Waals surface area (Å²) in [5.74, 6) is -0.931. The average Bonchev–Trinajstić information content (AvgIpc) is 2.71. The molecular formula is C26H34FNO4. The molecule has 1 aromatic heterocycles. The van der Waals surface area contributed by atoms with Crippen molar-refractivity contribution in [2.75, 3.05) is 7.11 Å². The van der Waals surface area contributed by atoms with Crippen molar-refractivity contribution in [2.24, 2.45) is 0 Å². The molecule has 2 N–H and O–H groups in total. The van der Waals surface area contributed by atoms with E-state index in [0.717, 1.165) is 33.6 Å². The molecule has 32 heavy (non-hydrogen) atoms. The summed E-state index contributed by atoms with van der Waals surface area (Å²) in [6.07, 6.45) is 2.01. The largest absolute Gasteiger partial charge is 0.481 e. The minimum atomic E-state index is -0.974. The minimum Gasteiger partial charge on any atom is -0.481 e. The number of ether oxygens (including phenoxy) is 1. The van der Waals surface area contributed by atoms with Gasteiger partial charge in [-0.05, 0) is 47.6 Å². The van der Waals surface area contributed by atoms with Crippen molar-refractivity contribution in [1.29, 1.82) is 0 Å². The van der Waals surface area contributed by atoms with Crippen LogP contribution in [-0.2, 0) is 9.53 Å². The van der Waals surface area contributed by atoms with Gasteiger partial charge in [-0.15, -0.1) is 0 Å². The molecule has 0 fully saturated rings. The Labute approximate surface area is 190 Å². The van der Waals surface area contributed by atoms with Crippen molar-refractivity contribution in [3.05, 3.63) is 58.7 Å². The molecule has 6 heteroatoms. The van der Waals surface area contributed by atoms with Crippen molar-refractivity contribution in [1.82, 2.24) is 4.98 Å². The summed E-state index contributed by atoms with van der Waals surface area (Å²) in [4.78, 5) is 15.9. The summed E-state index contributed by atoms with van der Waals surface area (Å²) >= 11 is 0. The zero-order valence-electron chi connectivity index (χ0n) is 19.7. The molecule has 1 heterocycles. The molecule has 0 aliphatic carbocycles. The SMILES string of the molecule is COC(CC(=O)O)C[C@H](O)/C=C/c1c(C(C)C)nc(C(C)C)c(C)c1-c1ccc(F)cc1. The van der Waals surface area contributed by atoms with Crippen molar-refractivity contribution < 1.29 is 24.1 Å². The van der Waals surface area contributed by atoms with Crippen LogP contribution in [0.1, 0.15) is 74.9 Å². The Kier molecular flexibility index (Phi) is 9.10. The first kappa shape index (κ1) is 25.7. The van der Waals surface area contributed by atoms with Gasteiger partial charge in [-0.1, -0.05) is 52.0 Å². The Bertz CT molecular complexity index is 951. The number of aliphatic hydroxyl groups excluding tert-OH is 1. The van der Waals surface area contributed by atoms with E-state index in [9.17, 15) is 14.3 Å². The molecule has 2 atom stereocenters. The third-order valence-corrected chi connectivity index (χ3v) is 5.50. The highest BCUT2D eigenvalue weighted by Crippen LogP contribution is 2.37. The van der Waals surface area contributed by atoms with Crippen LogP contribution in [0.2, 0.25) is 0 Å². The standard InChI is InChI=1S/C26H34FNO4/c1-15(2)25-17(5)24(18-7-9-19(27)10-8-18)22(26(28-25)16(3)4)12-11-20(29)13-21(32-6)14-23(30)31/h7-12,15-16,20-21,29H,13-14H2,1-6H3,(H,30,31)/b12-11+/t20-,21?/m1/s1. The number of aromatic nitrogens is 1. The summed E-state index contributed by atoms with van der Waals surface area (Å²) in [5.41, 5.74) is 5.63. The fourth-order valence-corrected chi connectivity index (χ4v) is 3.90. The van der Waals surface area contributed by atoms with E-state index in [1.54, 1.807) is 18.2 Å². The predicted molar refractivity (Wildman–Crippen MR) is 125 cm³/mol. The Balaban J connectivity index is 2.58. The smallest absolute Gasteiger partial charge is 0.305 e. The lowest BCUT2D eigenvalue weighted by molar-refractivity contribution is -0.140. The number of methoxy groups -OCH3 is 1. The van der Waals surface area contributed by atoms with E-state index in [2.05, 4.69) is 27.7 Å². The average molecular weight is 444 g/mol. The van der Waals surface area contributed by atoms with Gasteiger partial charge in [-0.25, -0.2) is 4.39 Å². The molecule has 5 nitrogen and oxygen atoms in total. The number of halogens is 1. The molecule has 0 saturated carbocycles. The number of pyridine rings is 1. The van der Waals surface area contributed by atoms with Gasteiger partial charge >= 0.3 is 5.97 Å².